The maximum atomic E-state index is 13.0. The van der Waals surface area contributed by atoms with E-state index in [9.17, 15) is 4.79 Å². The number of methoxy groups -OCH3 is 2. The molecule has 0 bridgehead atoms. The normalized spacial score (nSPS) is 17.3. The Morgan fingerprint density at radius 3 is 2.74 bits per heavy atom. The largest absolute Gasteiger partial charge is 0.493 e. The van der Waals surface area contributed by atoms with Crippen molar-refractivity contribution in [2.24, 2.45) is 0 Å². The second-order valence-electron chi connectivity index (χ2n) is 9.53. The summed E-state index contributed by atoms with van der Waals surface area (Å²) in [5, 5.41) is 3.31. The van der Waals surface area contributed by atoms with Crippen LogP contribution in [0.1, 0.15) is 46.4 Å². The predicted octanol–water partition coefficient (Wildman–Crippen LogP) is 4.08. The van der Waals surface area contributed by atoms with Crippen molar-refractivity contribution in [2.75, 3.05) is 27.4 Å². The molecule has 0 radical (unpaired) electrons. The van der Waals surface area contributed by atoms with E-state index in [2.05, 4.69) is 16.4 Å². The highest BCUT2D eigenvalue weighted by Crippen LogP contribution is 2.44. The molecule has 2 N–H and O–H groups in total. The molecule has 7 nitrogen and oxygen atoms in total. The number of ether oxygens (including phenoxy) is 3. The predicted molar refractivity (Wildman–Crippen MR) is 129 cm³/mol. The van der Waals surface area contributed by atoms with Gasteiger partial charge in [0.1, 0.15) is 6.61 Å². The van der Waals surface area contributed by atoms with Crippen molar-refractivity contribution in [3.05, 3.63) is 52.8 Å². The van der Waals surface area contributed by atoms with Crippen LogP contribution in [0, 0.1) is 0 Å². The number of nitrogens with zero attached hydrogens (tertiary/aromatic N) is 1. The molecule has 2 aliphatic carbocycles. The zero-order chi connectivity index (χ0) is 23.3. The average molecular weight is 460 g/mol. The lowest BCUT2D eigenvalue weighted by atomic mass is 9.71. The summed E-state index contributed by atoms with van der Waals surface area (Å²) in [4.78, 5) is 21.5. The molecule has 0 unspecified atom stereocenters. The van der Waals surface area contributed by atoms with Gasteiger partial charge in [-0.15, -0.1) is 0 Å². The van der Waals surface area contributed by atoms with Crippen molar-refractivity contribution in [2.45, 2.75) is 44.1 Å². The quantitative estimate of drug-likeness (QED) is 0.543. The van der Waals surface area contributed by atoms with Crippen molar-refractivity contribution in [3.8, 4) is 34.0 Å². The number of carbonyl (C=O) groups is 1. The molecule has 1 saturated carbocycles. The number of aromatic amines is 1. The Morgan fingerprint density at radius 1 is 1.09 bits per heavy atom. The molecule has 1 amide bonds. The zero-order valence-electron chi connectivity index (χ0n) is 19.6. The van der Waals surface area contributed by atoms with Crippen molar-refractivity contribution >= 4 is 5.91 Å². The highest BCUT2D eigenvalue weighted by atomic mass is 16.5. The number of pyridine rings is 1. The molecule has 176 valence electrons. The molecule has 3 aliphatic rings. The highest BCUT2D eigenvalue weighted by Gasteiger charge is 2.45. The van der Waals surface area contributed by atoms with Gasteiger partial charge in [0.05, 0.1) is 30.7 Å². The van der Waals surface area contributed by atoms with Crippen LogP contribution in [0.2, 0.25) is 0 Å². The summed E-state index contributed by atoms with van der Waals surface area (Å²) in [5.74, 6) is 1.42. The lowest BCUT2D eigenvalue weighted by molar-refractivity contribution is 0.0793. The van der Waals surface area contributed by atoms with Gasteiger partial charge in [0.25, 0.3) is 5.91 Å². The molecule has 1 aliphatic heterocycles. The van der Waals surface area contributed by atoms with Gasteiger partial charge in [-0.3, -0.25) is 9.78 Å². The second-order valence-corrected chi connectivity index (χ2v) is 9.53. The van der Waals surface area contributed by atoms with Crippen LogP contribution in [0.3, 0.4) is 0 Å². The van der Waals surface area contributed by atoms with Gasteiger partial charge in [0.15, 0.2) is 11.5 Å². The summed E-state index contributed by atoms with van der Waals surface area (Å²) in [6, 6.07) is 7.99. The molecule has 1 spiro atoms. The molecule has 3 aromatic rings. The Morgan fingerprint density at radius 2 is 1.97 bits per heavy atom. The number of nitrogens with one attached hydrogen (secondary N) is 2. The molecular formula is C27H29N3O4. The Labute approximate surface area is 198 Å². The molecule has 2 aromatic heterocycles. The van der Waals surface area contributed by atoms with Crippen molar-refractivity contribution in [1.82, 2.24) is 15.3 Å². The standard InChI is InChI=1S/C27H29N3O4/c1-32-10-11-34-22-7-5-16(12-23(22)33-2)20-13-19-17(15-28-20)4-6-18-24-21(29-25(18)19)14-27(8-3-9-27)30-26(24)31/h5,7,12-13,15,29H,3-4,6,8-11,14H2,1-2H3,(H,30,31). The van der Waals surface area contributed by atoms with E-state index in [0.717, 1.165) is 71.4 Å². The van der Waals surface area contributed by atoms with Crippen LogP contribution in [-0.4, -0.2) is 48.8 Å². The summed E-state index contributed by atoms with van der Waals surface area (Å²) in [6.45, 7) is 0.970. The van der Waals surface area contributed by atoms with Gasteiger partial charge < -0.3 is 24.5 Å². The van der Waals surface area contributed by atoms with Crippen LogP contribution in [0.15, 0.2) is 30.5 Å². The van der Waals surface area contributed by atoms with Crippen LogP contribution in [0.4, 0.5) is 0 Å². The van der Waals surface area contributed by atoms with E-state index >= 15 is 0 Å². The van der Waals surface area contributed by atoms with E-state index in [0.29, 0.717) is 24.7 Å². The van der Waals surface area contributed by atoms with Gasteiger partial charge in [0, 0.05) is 42.1 Å². The number of benzene rings is 1. The number of hydrogen-bond donors (Lipinski definition) is 2. The summed E-state index contributed by atoms with van der Waals surface area (Å²) in [5.41, 5.74) is 8.31. The first-order valence-electron chi connectivity index (χ1n) is 12.0. The number of amides is 1. The topological polar surface area (TPSA) is 85.5 Å². The first-order chi connectivity index (χ1) is 16.6. The van der Waals surface area contributed by atoms with Crippen LogP contribution < -0.4 is 14.8 Å². The lowest BCUT2D eigenvalue weighted by Gasteiger charge is -2.45. The molecule has 1 fully saturated rings. The molecule has 1 aromatic carbocycles. The summed E-state index contributed by atoms with van der Waals surface area (Å²) < 4.78 is 16.4. The van der Waals surface area contributed by atoms with E-state index in [1.165, 1.54) is 12.0 Å². The number of aryl methyl sites for hydroxylation is 1. The minimum atomic E-state index is -0.0343. The second kappa shape index (κ2) is 8.17. The summed E-state index contributed by atoms with van der Waals surface area (Å²) in [7, 11) is 3.29. The number of hydrogen-bond acceptors (Lipinski definition) is 5. The molecule has 6 rings (SSSR count). The number of H-pyrrole nitrogens is 1. The third-order valence-corrected chi connectivity index (χ3v) is 7.52. The Hall–Kier alpha value is -3.32. The fraction of sp³-hybridized carbons (Fsp3) is 0.407. The van der Waals surface area contributed by atoms with E-state index in [1.807, 2.05) is 24.4 Å². The maximum Gasteiger partial charge on any atom is 0.253 e. The van der Waals surface area contributed by atoms with Crippen LogP contribution in [-0.2, 0) is 24.0 Å². The van der Waals surface area contributed by atoms with Crippen molar-refractivity contribution in [3.63, 3.8) is 0 Å². The zero-order valence-corrected chi connectivity index (χ0v) is 19.6. The van der Waals surface area contributed by atoms with E-state index in [4.69, 9.17) is 19.2 Å². The van der Waals surface area contributed by atoms with Crippen molar-refractivity contribution < 1.29 is 19.0 Å². The van der Waals surface area contributed by atoms with Gasteiger partial charge in [-0.2, -0.15) is 0 Å². The third kappa shape index (κ3) is 3.38. The fourth-order valence-corrected chi connectivity index (χ4v) is 5.59. The average Bonchev–Trinajstić information content (AvgIpc) is 3.22. The SMILES string of the molecule is COCCOc1ccc(-c2cc3c(cn2)CCc2c-3[nH]c3c2C(=O)NC2(CCC2)C3)cc1OC. The van der Waals surface area contributed by atoms with Crippen LogP contribution in [0.5, 0.6) is 11.5 Å². The lowest BCUT2D eigenvalue weighted by Crippen LogP contribution is -2.57. The molecule has 0 saturated heterocycles. The minimum Gasteiger partial charge on any atom is -0.493 e. The third-order valence-electron chi connectivity index (χ3n) is 7.52. The molecule has 34 heavy (non-hydrogen) atoms. The van der Waals surface area contributed by atoms with Gasteiger partial charge in [0.2, 0.25) is 0 Å². The van der Waals surface area contributed by atoms with Gasteiger partial charge in [-0.1, -0.05) is 0 Å². The Balaban J connectivity index is 1.36. The molecular weight excluding hydrogens is 430 g/mol. The van der Waals surface area contributed by atoms with E-state index < -0.39 is 0 Å². The van der Waals surface area contributed by atoms with Crippen LogP contribution >= 0.6 is 0 Å². The van der Waals surface area contributed by atoms with E-state index in [1.54, 1.807) is 14.2 Å². The Kier molecular flexibility index (Phi) is 5.10. The molecule has 0 atom stereocenters. The Bertz CT molecular complexity index is 1280. The number of carbonyl (C=O) groups excluding carboxylic acids is 1. The van der Waals surface area contributed by atoms with Gasteiger partial charge in [-0.25, -0.2) is 0 Å². The summed E-state index contributed by atoms with van der Waals surface area (Å²) >= 11 is 0. The first kappa shape index (κ1) is 21.2. The minimum absolute atomic E-state index is 0.0343. The highest BCUT2D eigenvalue weighted by molar-refractivity contribution is 6.01. The smallest absolute Gasteiger partial charge is 0.253 e. The maximum absolute atomic E-state index is 13.0. The number of aromatic nitrogens is 2. The van der Waals surface area contributed by atoms with Crippen LogP contribution in [0.25, 0.3) is 22.5 Å². The number of rotatable bonds is 6. The van der Waals surface area contributed by atoms with E-state index in [-0.39, 0.29) is 11.4 Å². The number of fused-ring (bicyclic) bond motifs is 5. The fourth-order valence-electron chi connectivity index (χ4n) is 5.59. The first-order valence-corrected chi connectivity index (χ1v) is 12.0. The monoisotopic (exact) mass is 459 g/mol. The molecule has 3 heterocycles. The summed E-state index contributed by atoms with van der Waals surface area (Å²) in [6.07, 6.45) is 7.93. The van der Waals surface area contributed by atoms with Crippen molar-refractivity contribution in [1.29, 1.82) is 0 Å². The molecule has 7 heteroatoms. The van der Waals surface area contributed by atoms with Gasteiger partial charge >= 0.3 is 0 Å². The van der Waals surface area contributed by atoms with Gasteiger partial charge in [-0.05, 0) is 67.5 Å².